The number of likely N-dealkylation sites (N-methyl/N-ethyl adjacent to an activating group) is 1. The van der Waals surface area contributed by atoms with E-state index in [4.69, 9.17) is 27.9 Å². The van der Waals surface area contributed by atoms with E-state index in [1.165, 1.54) is 31.2 Å². The monoisotopic (exact) mass is 671 g/mol. The van der Waals surface area contributed by atoms with Crippen LogP contribution in [-0.4, -0.2) is 54.2 Å². The van der Waals surface area contributed by atoms with Gasteiger partial charge in [-0.15, -0.1) is 0 Å². The summed E-state index contributed by atoms with van der Waals surface area (Å²) >= 11 is 12.2. The summed E-state index contributed by atoms with van der Waals surface area (Å²) in [4.78, 5) is 26.0. The van der Waals surface area contributed by atoms with Crippen LogP contribution < -0.4 is 4.74 Å². The van der Waals surface area contributed by atoms with Crippen molar-refractivity contribution in [2.24, 2.45) is 0 Å². The lowest BCUT2D eigenvalue weighted by Gasteiger charge is -2.26. The first-order valence-corrected chi connectivity index (χ1v) is 15.5. The van der Waals surface area contributed by atoms with E-state index in [-0.39, 0.29) is 22.8 Å². The largest absolute Gasteiger partial charge is 0.482 e. The molecule has 4 rings (SSSR count). The molecule has 10 heteroatoms. The predicted octanol–water partition coefficient (Wildman–Crippen LogP) is 9.07. The van der Waals surface area contributed by atoms with Crippen LogP contribution in [0.2, 0.25) is 10.0 Å². The molecule has 2 atom stereocenters. The number of Topliss-reactive ketones (excluding diaryl/α,β-unsaturated/α-hetero) is 1. The van der Waals surface area contributed by atoms with Gasteiger partial charge in [-0.05, 0) is 97.2 Å². The van der Waals surface area contributed by atoms with Crippen molar-refractivity contribution in [3.63, 3.8) is 0 Å². The van der Waals surface area contributed by atoms with Crippen LogP contribution in [-0.2, 0) is 11.2 Å². The number of benzene rings is 4. The Morgan fingerprint density at radius 3 is 1.93 bits per heavy atom. The molecule has 4 aromatic carbocycles. The Hall–Kier alpha value is -3.85. The van der Waals surface area contributed by atoms with Gasteiger partial charge in [-0.3, -0.25) is 4.79 Å². The van der Waals surface area contributed by atoms with E-state index >= 15 is 0 Å². The third kappa shape index (κ3) is 9.58. The first-order valence-electron chi connectivity index (χ1n) is 14.7. The average Bonchev–Trinajstić information content (AvgIpc) is 3.03. The van der Waals surface area contributed by atoms with Gasteiger partial charge in [0.1, 0.15) is 5.75 Å². The van der Waals surface area contributed by atoms with Gasteiger partial charge in [-0.25, -0.2) is 4.79 Å². The fourth-order valence-corrected chi connectivity index (χ4v) is 5.56. The van der Waals surface area contributed by atoms with Crippen molar-refractivity contribution < 1.29 is 32.6 Å². The number of alkyl halides is 3. The number of halogens is 5. The number of ether oxygens (including phenoxy) is 1. The van der Waals surface area contributed by atoms with Crippen molar-refractivity contribution in [3.05, 3.63) is 135 Å². The molecule has 4 aromatic rings. The van der Waals surface area contributed by atoms with Crippen LogP contribution in [0.25, 0.3) is 0 Å². The number of hydrogen-bond acceptors (Lipinski definition) is 4. The van der Waals surface area contributed by atoms with Crippen LogP contribution in [0.15, 0.2) is 97.1 Å². The maximum atomic E-state index is 13.5. The molecule has 0 bridgehead atoms. The van der Waals surface area contributed by atoms with E-state index in [0.29, 0.717) is 10.0 Å². The summed E-state index contributed by atoms with van der Waals surface area (Å²) in [6, 6.07) is 27.7. The molecule has 0 fully saturated rings. The summed E-state index contributed by atoms with van der Waals surface area (Å²) in [5, 5.41) is 10.6. The highest BCUT2D eigenvalue weighted by atomic mass is 35.5. The molecular weight excluding hydrogens is 638 g/mol. The summed E-state index contributed by atoms with van der Waals surface area (Å²) in [6.07, 6.45) is -5.47. The van der Waals surface area contributed by atoms with Crippen molar-refractivity contribution in [3.8, 4) is 5.75 Å². The number of hydrogen-bond donors (Lipinski definition) is 1. The van der Waals surface area contributed by atoms with Gasteiger partial charge in [0.2, 0.25) is 0 Å². The Balaban J connectivity index is 1.39. The van der Waals surface area contributed by atoms with Crippen molar-refractivity contribution in [1.82, 2.24) is 4.90 Å². The molecule has 46 heavy (non-hydrogen) atoms. The van der Waals surface area contributed by atoms with Crippen LogP contribution in [0.3, 0.4) is 0 Å². The molecule has 242 valence electrons. The number of carboxylic acids is 1. The van der Waals surface area contributed by atoms with Gasteiger partial charge in [-0.1, -0.05) is 78.7 Å². The Morgan fingerprint density at radius 1 is 0.848 bits per heavy atom. The quantitative estimate of drug-likeness (QED) is 0.145. The number of carbonyl (C=O) groups is 2. The molecule has 0 radical (unpaired) electrons. The lowest BCUT2D eigenvalue weighted by atomic mass is 9.91. The van der Waals surface area contributed by atoms with Crippen molar-refractivity contribution in [1.29, 1.82) is 0 Å². The second kappa shape index (κ2) is 15.6. The molecule has 5 nitrogen and oxygen atoms in total. The van der Waals surface area contributed by atoms with Gasteiger partial charge in [-0.2, -0.15) is 13.2 Å². The summed E-state index contributed by atoms with van der Waals surface area (Å²) in [7, 11) is 2.06. The fraction of sp³-hybridized carbons (Fsp3) is 0.278. The van der Waals surface area contributed by atoms with E-state index in [0.717, 1.165) is 42.6 Å². The number of carboxylic acid groups (broad SMARTS) is 1. The SMILES string of the molecule is CC(c1cccc(C(=O)O)c1)C(Oc1ccc(CCCN(C)CC(c2ccc(Cl)cc2)c2ccc(Cl)cc2)cc1)C(=O)C(F)(F)F. The van der Waals surface area contributed by atoms with Crippen LogP contribution >= 0.6 is 23.2 Å². The first-order chi connectivity index (χ1) is 21.8. The maximum absolute atomic E-state index is 13.5. The molecule has 0 aromatic heterocycles. The van der Waals surface area contributed by atoms with Gasteiger partial charge >= 0.3 is 12.1 Å². The highest BCUT2D eigenvalue weighted by Crippen LogP contribution is 2.31. The molecule has 1 N–H and O–H groups in total. The second-order valence-corrected chi connectivity index (χ2v) is 12.2. The standard InChI is InChI=1S/C36H34Cl2F3NO4/c1-23(27-6-3-7-28(21-27)35(44)45)33(34(43)36(39,40)41)46-31-18-8-24(9-19-31)5-4-20-42(2)22-32(25-10-14-29(37)15-11-25)26-12-16-30(38)17-13-26/h3,6-19,21,23,32-33H,4-5,20,22H2,1-2H3,(H,44,45). The van der Waals surface area contributed by atoms with Crippen LogP contribution in [0.5, 0.6) is 5.75 Å². The Bertz CT molecular complexity index is 1570. The predicted molar refractivity (Wildman–Crippen MR) is 174 cm³/mol. The second-order valence-electron chi connectivity index (χ2n) is 11.3. The van der Waals surface area contributed by atoms with E-state index < -0.39 is 30.0 Å². The highest BCUT2D eigenvalue weighted by molar-refractivity contribution is 6.30. The minimum atomic E-state index is -5.13. The lowest BCUT2D eigenvalue weighted by Crippen LogP contribution is -2.41. The molecule has 0 aliphatic heterocycles. The van der Waals surface area contributed by atoms with E-state index in [1.54, 1.807) is 24.3 Å². The molecule has 0 heterocycles. The number of rotatable bonds is 14. The normalized spacial score (nSPS) is 13.1. The molecule has 2 unspecified atom stereocenters. The Labute approximate surface area is 276 Å². The number of aryl methyl sites for hydroxylation is 1. The summed E-state index contributed by atoms with van der Waals surface area (Å²) < 4.78 is 46.2. The van der Waals surface area contributed by atoms with Gasteiger partial charge < -0.3 is 14.7 Å². The first kappa shape index (κ1) is 35.0. The minimum absolute atomic E-state index is 0.0944. The zero-order valence-corrected chi connectivity index (χ0v) is 26.8. The van der Waals surface area contributed by atoms with Crippen molar-refractivity contribution in [2.75, 3.05) is 20.1 Å². The molecule has 0 amide bonds. The number of carbonyl (C=O) groups excluding carboxylic acids is 1. The smallest absolute Gasteiger partial charge is 0.453 e. The third-order valence-electron chi connectivity index (χ3n) is 7.88. The van der Waals surface area contributed by atoms with Crippen LogP contribution in [0.4, 0.5) is 13.2 Å². The molecule has 0 aliphatic rings. The third-order valence-corrected chi connectivity index (χ3v) is 8.39. The zero-order valence-electron chi connectivity index (χ0n) is 25.3. The van der Waals surface area contributed by atoms with Gasteiger partial charge in [0.15, 0.2) is 6.10 Å². The average molecular weight is 673 g/mol. The Morgan fingerprint density at radius 2 is 1.41 bits per heavy atom. The van der Waals surface area contributed by atoms with Gasteiger partial charge in [0, 0.05) is 28.4 Å². The molecule has 0 spiro atoms. The highest BCUT2D eigenvalue weighted by Gasteiger charge is 2.47. The Kier molecular flexibility index (Phi) is 11.9. The van der Waals surface area contributed by atoms with Crippen molar-refractivity contribution >= 4 is 35.0 Å². The molecule has 0 saturated carbocycles. The number of ketones is 1. The van der Waals surface area contributed by atoms with E-state index in [1.807, 2.05) is 48.5 Å². The zero-order chi connectivity index (χ0) is 33.4. The fourth-order valence-electron chi connectivity index (χ4n) is 5.30. The van der Waals surface area contributed by atoms with E-state index in [9.17, 15) is 27.9 Å². The van der Waals surface area contributed by atoms with Gasteiger partial charge in [0.25, 0.3) is 5.78 Å². The van der Waals surface area contributed by atoms with Crippen LogP contribution in [0.1, 0.15) is 57.8 Å². The van der Waals surface area contributed by atoms with Crippen molar-refractivity contribution in [2.45, 2.75) is 43.9 Å². The van der Waals surface area contributed by atoms with Crippen LogP contribution in [0, 0.1) is 0 Å². The van der Waals surface area contributed by atoms with E-state index in [2.05, 4.69) is 11.9 Å². The summed E-state index contributed by atoms with van der Waals surface area (Å²) in [5.74, 6) is -4.11. The topological polar surface area (TPSA) is 66.8 Å². The number of aromatic carboxylic acids is 1. The minimum Gasteiger partial charge on any atom is -0.482 e. The molecule has 0 aliphatic carbocycles. The van der Waals surface area contributed by atoms with Gasteiger partial charge in [0.05, 0.1) is 5.56 Å². The summed E-state index contributed by atoms with van der Waals surface area (Å²) in [6.45, 7) is 2.97. The molecular formula is C36H34Cl2F3NO4. The lowest BCUT2D eigenvalue weighted by molar-refractivity contribution is -0.179. The molecule has 0 saturated heterocycles. The number of nitrogens with zero attached hydrogens (tertiary/aromatic N) is 1. The summed E-state index contributed by atoms with van der Waals surface area (Å²) in [5.41, 5.74) is 3.40. The maximum Gasteiger partial charge on any atom is 0.453 e.